The lowest BCUT2D eigenvalue weighted by Crippen LogP contribution is -2.30. The Kier molecular flexibility index (Phi) is 5.40. The number of rotatable bonds is 5. The lowest BCUT2D eigenvalue weighted by atomic mass is 10.1. The number of amides is 1. The number of carbonyl (C=O) groups excluding carboxylic acids is 1. The van der Waals surface area contributed by atoms with Crippen molar-refractivity contribution >= 4 is 17.5 Å². The fourth-order valence-electron chi connectivity index (χ4n) is 2.33. The zero-order valence-electron chi connectivity index (χ0n) is 12.5. The average Bonchev–Trinajstić information content (AvgIpc) is 2.52. The maximum Gasteiger partial charge on any atom is 0.254 e. The summed E-state index contributed by atoms with van der Waals surface area (Å²) in [5, 5.41) is 0. The Balaban J connectivity index is 2.18. The third-order valence-corrected chi connectivity index (χ3v) is 3.76. The topological polar surface area (TPSA) is 20.3 Å². The molecule has 0 unspecified atom stereocenters. The number of nitrogens with zero attached hydrogens (tertiary/aromatic N) is 1. The summed E-state index contributed by atoms with van der Waals surface area (Å²) in [6, 6.07) is 15.8. The number of hydrogen-bond acceptors (Lipinski definition) is 1. The van der Waals surface area contributed by atoms with Crippen LogP contribution in [0.2, 0.25) is 0 Å². The predicted molar refractivity (Wildman–Crippen MR) is 87.6 cm³/mol. The molecule has 1 amide bonds. The zero-order valence-corrected chi connectivity index (χ0v) is 13.2. The monoisotopic (exact) mass is 301 g/mol. The van der Waals surface area contributed by atoms with E-state index < -0.39 is 0 Å². The highest BCUT2D eigenvalue weighted by Gasteiger charge is 2.14. The summed E-state index contributed by atoms with van der Waals surface area (Å²) in [6.45, 7) is 5.37. The average molecular weight is 302 g/mol. The Bertz CT molecular complexity index is 624. The Morgan fingerprint density at radius 3 is 2.48 bits per heavy atom. The highest BCUT2D eigenvalue weighted by molar-refractivity contribution is 6.17. The van der Waals surface area contributed by atoms with Gasteiger partial charge in [-0.1, -0.05) is 42.0 Å². The first-order valence-electron chi connectivity index (χ1n) is 7.13. The number of carbonyl (C=O) groups is 1. The highest BCUT2D eigenvalue weighted by Crippen LogP contribution is 2.13. The summed E-state index contributed by atoms with van der Waals surface area (Å²) >= 11 is 5.84. The molecule has 2 aromatic rings. The Morgan fingerprint density at radius 1 is 1.10 bits per heavy atom. The lowest BCUT2D eigenvalue weighted by Gasteiger charge is -2.21. The van der Waals surface area contributed by atoms with E-state index in [9.17, 15) is 4.79 Å². The van der Waals surface area contributed by atoms with Gasteiger partial charge in [0.25, 0.3) is 5.91 Å². The van der Waals surface area contributed by atoms with Crippen LogP contribution >= 0.6 is 11.6 Å². The predicted octanol–water partition coefficient (Wildman–Crippen LogP) is 4.40. The lowest BCUT2D eigenvalue weighted by molar-refractivity contribution is 0.0752. The molecule has 0 radical (unpaired) electrons. The number of halogens is 1. The van der Waals surface area contributed by atoms with Crippen molar-refractivity contribution in [3.63, 3.8) is 0 Å². The van der Waals surface area contributed by atoms with E-state index in [-0.39, 0.29) is 5.91 Å². The summed E-state index contributed by atoms with van der Waals surface area (Å²) in [4.78, 5) is 14.5. The summed E-state index contributed by atoms with van der Waals surface area (Å²) in [7, 11) is 0. The van der Waals surface area contributed by atoms with E-state index in [1.807, 2.05) is 42.2 Å². The molecule has 3 heteroatoms. The molecule has 0 bridgehead atoms. The molecule has 2 aromatic carbocycles. The van der Waals surface area contributed by atoms with Gasteiger partial charge in [-0.2, -0.15) is 0 Å². The highest BCUT2D eigenvalue weighted by atomic mass is 35.5. The molecule has 0 atom stereocenters. The second-order valence-corrected chi connectivity index (χ2v) is 5.41. The van der Waals surface area contributed by atoms with Crippen LogP contribution in [-0.2, 0) is 12.4 Å². The van der Waals surface area contributed by atoms with Crippen LogP contribution in [0.25, 0.3) is 0 Å². The minimum atomic E-state index is 0.0472. The summed E-state index contributed by atoms with van der Waals surface area (Å²) in [5.74, 6) is 0.469. The normalized spacial score (nSPS) is 10.4. The summed E-state index contributed by atoms with van der Waals surface area (Å²) in [5.41, 5.74) is 4.02. The third kappa shape index (κ3) is 4.08. The standard InChI is InChI=1S/C18H20ClNO/c1-3-20(13-16-8-4-6-14(2)10-16)18(21)17-9-5-7-15(11-17)12-19/h4-11H,3,12-13H2,1-2H3. The molecule has 110 valence electrons. The molecular formula is C18H20ClNO. The molecule has 2 nitrogen and oxygen atoms in total. The maximum absolute atomic E-state index is 12.6. The van der Waals surface area contributed by atoms with Gasteiger partial charge in [-0.15, -0.1) is 11.6 Å². The van der Waals surface area contributed by atoms with E-state index in [0.29, 0.717) is 24.5 Å². The van der Waals surface area contributed by atoms with Crippen molar-refractivity contribution in [2.75, 3.05) is 6.54 Å². The number of hydrogen-bond donors (Lipinski definition) is 0. The van der Waals surface area contributed by atoms with Crippen LogP contribution in [0.4, 0.5) is 0 Å². The van der Waals surface area contributed by atoms with Crippen LogP contribution in [0.1, 0.15) is 34.0 Å². The van der Waals surface area contributed by atoms with Crippen molar-refractivity contribution in [3.8, 4) is 0 Å². The minimum Gasteiger partial charge on any atom is -0.335 e. The van der Waals surface area contributed by atoms with E-state index in [0.717, 1.165) is 11.1 Å². The second kappa shape index (κ2) is 7.28. The van der Waals surface area contributed by atoms with Gasteiger partial charge in [-0.05, 0) is 37.1 Å². The molecule has 0 aliphatic heterocycles. The molecule has 0 saturated carbocycles. The minimum absolute atomic E-state index is 0.0472. The van der Waals surface area contributed by atoms with Crippen molar-refractivity contribution in [2.45, 2.75) is 26.3 Å². The molecule has 0 spiro atoms. The maximum atomic E-state index is 12.6. The number of alkyl halides is 1. The van der Waals surface area contributed by atoms with Gasteiger partial charge in [-0.25, -0.2) is 0 Å². The van der Waals surface area contributed by atoms with Crippen LogP contribution < -0.4 is 0 Å². The molecule has 0 aliphatic carbocycles. The van der Waals surface area contributed by atoms with Crippen molar-refractivity contribution in [1.29, 1.82) is 0 Å². The Labute approximate surface area is 131 Å². The Morgan fingerprint density at radius 2 is 1.81 bits per heavy atom. The van der Waals surface area contributed by atoms with Gasteiger partial charge in [0, 0.05) is 24.5 Å². The first-order chi connectivity index (χ1) is 10.1. The summed E-state index contributed by atoms with van der Waals surface area (Å²) < 4.78 is 0. The van der Waals surface area contributed by atoms with Crippen LogP contribution in [0.15, 0.2) is 48.5 Å². The molecule has 2 rings (SSSR count). The summed E-state index contributed by atoms with van der Waals surface area (Å²) in [6.07, 6.45) is 0. The fraction of sp³-hybridized carbons (Fsp3) is 0.278. The van der Waals surface area contributed by atoms with Crippen LogP contribution in [-0.4, -0.2) is 17.4 Å². The Hall–Kier alpha value is -1.80. The van der Waals surface area contributed by atoms with Crippen molar-refractivity contribution in [2.24, 2.45) is 0 Å². The van der Waals surface area contributed by atoms with Crippen LogP contribution in [0.5, 0.6) is 0 Å². The van der Waals surface area contributed by atoms with E-state index in [1.54, 1.807) is 0 Å². The van der Waals surface area contributed by atoms with Crippen molar-refractivity contribution in [3.05, 3.63) is 70.8 Å². The van der Waals surface area contributed by atoms with Crippen molar-refractivity contribution < 1.29 is 4.79 Å². The molecule has 0 fully saturated rings. The third-order valence-electron chi connectivity index (χ3n) is 3.45. The first-order valence-corrected chi connectivity index (χ1v) is 7.67. The smallest absolute Gasteiger partial charge is 0.254 e. The largest absolute Gasteiger partial charge is 0.335 e. The zero-order chi connectivity index (χ0) is 15.2. The van der Waals surface area contributed by atoms with Gasteiger partial charge in [-0.3, -0.25) is 4.79 Å². The van der Waals surface area contributed by atoms with Gasteiger partial charge < -0.3 is 4.90 Å². The van der Waals surface area contributed by atoms with E-state index in [1.165, 1.54) is 5.56 Å². The van der Waals surface area contributed by atoms with Gasteiger partial charge in [0.2, 0.25) is 0 Å². The SMILES string of the molecule is CCN(Cc1cccc(C)c1)C(=O)c1cccc(CCl)c1. The molecule has 0 aliphatic rings. The van der Waals surface area contributed by atoms with E-state index in [4.69, 9.17) is 11.6 Å². The molecular weight excluding hydrogens is 282 g/mol. The van der Waals surface area contributed by atoms with Crippen LogP contribution in [0.3, 0.4) is 0 Å². The van der Waals surface area contributed by atoms with Gasteiger partial charge in [0.05, 0.1) is 0 Å². The quantitative estimate of drug-likeness (QED) is 0.750. The second-order valence-electron chi connectivity index (χ2n) is 5.14. The van der Waals surface area contributed by atoms with E-state index in [2.05, 4.69) is 25.1 Å². The fourth-order valence-corrected chi connectivity index (χ4v) is 2.49. The van der Waals surface area contributed by atoms with Gasteiger partial charge >= 0.3 is 0 Å². The molecule has 21 heavy (non-hydrogen) atoms. The molecule has 0 N–H and O–H groups in total. The van der Waals surface area contributed by atoms with Crippen molar-refractivity contribution in [1.82, 2.24) is 4.90 Å². The first kappa shape index (κ1) is 15.6. The number of benzene rings is 2. The molecule has 0 aromatic heterocycles. The molecule has 0 heterocycles. The van der Waals surface area contributed by atoms with Gasteiger partial charge in [0.1, 0.15) is 0 Å². The number of aryl methyl sites for hydroxylation is 1. The van der Waals surface area contributed by atoms with E-state index >= 15 is 0 Å². The molecule has 0 saturated heterocycles. The van der Waals surface area contributed by atoms with Gasteiger partial charge in [0.15, 0.2) is 0 Å². The van der Waals surface area contributed by atoms with Crippen LogP contribution in [0, 0.1) is 6.92 Å².